The maximum Gasteiger partial charge on any atom is 0.257 e. The van der Waals surface area contributed by atoms with Crippen LogP contribution >= 0.6 is 0 Å². The fraction of sp³-hybridized carbons (Fsp3) is 0.533. The Hall–Kier alpha value is -1.51. The first-order valence-corrected chi connectivity index (χ1v) is 6.80. The van der Waals surface area contributed by atoms with E-state index in [9.17, 15) is 4.79 Å². The highest BCUT2D eigenvalue weighted by atomic mass is 16.5. The SMILES string of the molecule is CC1CCC(C2NC(=O)c3ccccc3O2)CC1. The number of hydrogen-bond donors (Lipinski definition) is 1. The van der Waals surface area contributed by atoms with Crippen LogP contribution in [0.15, 0.2) is 24.3 Å². The molecule has 1 aromatic carbocycles. The van der Waals surface area contributed by atoms with Gasteiger partial charge < -0.3 is 10.1 Å². The van der Waals surface area contributed by atoms with E-state index < -0.39 is 0 Å². The molecule has 2 aliphatic rings. The van der Waals surface area contributed by atoms with E-state index in [1.54, 1.807) is 0 Å². The van der Waals surface area contributed by atoms with E-state index >= 15 is 0 Å². The summed E-state index contributed by atoms with van der Waals surface area (Å²) in [6, 6.07) is 7.47. The molecule has 3 rings (SSSR count). The maximum atomic E-state index is 12.0. The second kappa shape index (κ2) is 4.63. The normalized spacial score (nSPS) is 31.2. The summed E-state index contributed by atoms with van der Waals surface area (Å²) in [5, 5.41) is 3.00. The van der Waals surface area contributed by atoms with E-state index in [0.29, 0.717) is 11.5 Å². The van der Waals surface area contributed by atoms with Crippen LogP contribution in [0.1, 0.15) is 43.0 Å². The van der Waals surface area contributed by atoms with Crippen LogP contribution in [0.2, 0.25) is 0 Å². The average molecular weight is 245 g/mol. The van der Waals surface area contributed by atoms with Gasteiger partial charge in [0, 0.05) is 5.92 Å². The molecular formula is C15H19NO2. The summed E-state index contributed by atoms with van der Waals surface area (Å²) in [4.78, 5) is 12.0. The van der Waals surface area contributed by atoms with Gasteiger partial charge in [0.2, 0.25) is 0 Å². The number of rotatable bonds is 1. The third-order valence-electron chi connectivity index (χ3n) is 4.15. The molecule has 1 aliphatic carbocycles. The molecule has 0 bridgehead atoms. The van der Waals surface area contributed by atoms with E-state index in [0.717, 1.165) is 24.5 Å². The molecule has 3 heteroatoms. The van der Waals surface area contributed by atoms with E-state index in [2.05, 4.69) is 12.2 Å². The van der Waals surface area contributed by atoms with Crippen LogP contribution < -0.4 is 10.1 Å². The first-order chi connectivity index (χ1) is 8.74. The Morgan fingerprint density at radius 2 is 1.89 bits per heavy atom. The number of carbonyl (C=O) groups is 1. The molecule has 0 radical (unpaired) electrons. The molecule has 1 aliphatic heterocycles. The van der Waals surface area contributed by atoms with Gasteiger partial charge in [-0.3, -0.25) is 4.79 Å². The number of fused-ring (bicyclic) bond motifs is 1. The molecule has 0 aromatic heterocycles. The molecule has 0 saturated heterocycles. The third kappa shape index (κ3) is 2.09. The molecule has 0 spiro atoms. The minimum absolute atomic E-state index is 0.000437. The van der Waals surface area contributed by atoms with Gasteiger partial charge in [-0.1, -0.05) is 31.9 Å². The van der Waals surface area contributed by atoms with Crippen molar-refractivity contribution in [2.75, 3.05) is 0 Å². The Kier molecular flexibility index (Phi) is 2.98. The lowest BCUT2D eigenvalue weighted by atomic mass is 9.82. The summed E-state index contributed by atoms with van der Waals surface area (Å²) in [6.45, 7) is 2.30. The Labute approximate surface area is 108 Å². The Morgan fingerprint density at radius 1 is 1.17 bits per heavy atom. The fourth-order valence-corrected chi connectivity index (χ4v) is 2.93. The minimum Gasteiger partial charge on any atom is -0.470 e. The highest BCUT2D eigenvalue weighted by Crippen LogP contribution is 2.33. The molecule has 1 aromatic rings. The summed E-state index contributed by atoms with van der Waals surface area (Å²) < 4.78 is 5.95. The number of nitrogens with one attached hydrogen (secondary N) is 1. The summed E-state index contributed by atoms with van der Waals surface area (Å²) in [7, 11) is 0. The van der Waals surface area contributed by atoms with Crippen molar-refractivity contribution in [2.45, 2.75) is 38.8 Å². The van der Waals surface area contributed by atoms with Gasteiger partial charge in [-0.05, 0) is 30.9 Å². The molecule has 3 nitrogen and oxygen atoms in total. The number of hydrogen-bond acceptors (Lipinski definition) is 2. The van der Waals surface area contributed by atoms with E-state index in [4.69, 9.17) is 4.74 Å². The molecule has 1 atom stereocenters. The van der Waals surface area contributed by atoms with Gasteiger partial charge >= 0.3 is 0 Å². The Bertz CT molecular complexity index is 450. The molecule has 1 fully saturated rings. The minimum atomic E-state index is -0.139. The predicted molar refractivity (Wildman–Crippen MR) is 69.4 cm³/mol. The number of carbonyl (C=O) groups excluding carboxylic acids is 1. The highest BCUT2D eigenvalue weighted by molar-refractivity contribution is 5.97. The number of amides is 1. The second-order valence-corrected chi connectivity index (χ2v) is 5.53. The lowest BCUT2D eigenvalue weighted by molar-refractivity contribution is 0.0458. The van der Waals surface area contributed by atoms with Gasteiger partial charge in [0.05, 0.1) is 5.56 Å². The van der Waals surface area contributed by atoms with E-state index in [1.165, 1.54) is 12.8 Å². The van der Waals surface area contributed by atoms with Gasteiger partial charge in [0.25, 0.3) is 5.91 Å². The van der Waals surface area contributed by atoms with Crippen molar-refractivity contribution in [3.8, 4) is 5.75 Å². The van der Waals surface area contributed by atoms with Crippen LogP contribution in [-0.2, 0) is 0 Å². The van der Waals surface area contributed by atoms with Gasteiger partial charge in [-0.25, -0.2) is 0 Å². The highest BCUT2D eigenvalue weighted by Gasteiger charge is 2.33. The molecule has 1 amide bonds. The largest absolute Gasteiger partial charge is 0.470 e. The zero-order valence-electron chi connectivity index (χ0n) is 10.7. The topological polar surface area (TPSA) is 38.3 Å². The first kappa shape index (κ1) is 11.6. The summed E-state index contributed by atoms with van der Waals surface area (Å²) in [5.41, 5.74) is 0.651. The smallest absolute Gasteiger partial charge is 0.257 e. The van der Waals surface area contributed by atoms with E-state index in [1.807, 2.05) is 24.3 Å². The monoisotopic (exact) mass is 245 g/mol. The van der Waals surface area contributed by atoms with Crippen LogP contribution in [0.3, 0.4) is 0 Å². The van der Waals surface area contributed by atoms with Gasteiger partial charge in [0.15, 0.2) is 6.23 Å². The quantitative estimate of drug-likeness (QED) is 0.826. The molecule has 1 unspecified atom stereocenters. The van der Waals surface area contributed by atoms with Crippen LogP contribution in [0, 0.1) is 11.8 Å². The third-order valence-corrected chi connectivity index (χ3v) is 4.15. The molecule has 1 N–H and O–H groups in total. The van der Waals surface area contributed by atoms with Crippen molar-refractivity contribution in [1.29, 1.82) is 0 Å². The lowest BCUT2D eigenvalue weighted by Gasteiger charge is -2.35. The van der Waals surface area contributed by atoms with Crippen molar-refractivity contribution in [2.24, 2.45) is 11.8 Å². The number of benzene rings is 1. The van der Waals surface area contributed by atoms with Crippen molar-refractivity contribution >= 4 is 5.91 Å². The van der Waals surface area contributed by atoms with Crippen LogP contribution in [0.4, 0.5) is 0 Å². The standard InChI is InChI=1S/C15H19NO2/c1-10-6-8-11(9-7-10)15-16-14(17)12-4-2-3-5-13(12)18-15/h2-5,10-11,15H,6-9H2,1H3,(H,16,17). The Morgan fingerprint density at radius 3 is 2.67 bits per heavy atom. The zero-order chi connectivity index (χ0) is 12.5. The van der Waals surface area contributed by atoms with Crippen LogP contribution in [-0.4, -0.2) is 12.1 Å². The lowest BCUT2D eigenvalue weighted by Crippen LogP contribution is -2.48. The summed E-state index contributed by atoms with van der Waals surface area (Å²) in [5.74, 6) is 2.00. The predicted octanol–water partition coefficient (Wildman–Crippen LogP) is 2.96. The first-order valence-electron chi connectivity index (χ1n) is 6.80. The van der Waals surface area contributed by atoms with Gasteiger partial charge in [-0.15, -0.1) is 0 Å². The van der Waals surface area contributed by atoms with Gasteiger partial charge in [-0.2, -0.15) is 0 Å². The van der Waals surface area contributed by atoms with Crippen LogP contribution in [0.5, 0.6) is 5.75 Å². The van der Waals surface area contributed by atoms with Crippen molar-refractivity contribution < 1.29 is 9.53 Å². The zero-order valence-corrected chi connectivity index (χ0v) is 10.7. The molecule has 18 heavy (non-hydrogen) atoms. The van der Waals surface area contributed by atoms with Gasteiger partial charge in [0.1, 0.15) is 5.75 Å². The van der Waals surface area contributed by atoms with E-state index in [-0.39, 0.29) is 12.1 Å². The molecule has 1 saturated carbocycles. The summed E-state index contributed by atoms with van der Waals surface area (Å²) in [6.07, 6.45) is 4.63. The van der Waals surface area contributed by atoms with Crippen molar-refractivity contribution in [3.63, 3.8) is 0 Å². The van der Waals surface area contributed by atoms with Crippen molar-refractivity contribution in [1.82, 2.24) is 5.32 Å². The second-order valence-electron chi connectivity index (χ2n) is 5.53. The molecule has 96 valence electrons. The molecular weight excluding hydrogens is 226 g/mol. The number of ether oxygens (including phenoxy) is 1. The maximum absolute atomic E-state index is 12.0. The molecule has 1 heterocycles. The summed E-state index contributed by atoms with van der Waals surface area (Å²) >= 11 is 0. The average Bonchev–Trinajstić information content (AvgIpc) is 2.39. The Balaban J connectivity index is 1.76. The fourth-order valence-electron chi connectivity index (χ4n) is 2.93. The van der Waals surface area contributed by atoms with Crippen molar-refractivity contribution in [3.05, 3.63) is 29.8 Å². The number of para-hydroxylation sites is 1. The van der Waals surface area contributed by atoms with Crippen LogP contribution in [0.25, 0.3) is 0 Å².